The molecule has 3 aliphatic rings. The summed E-state index contributed by atoms with van der Waals surface area (Å²) in [6.07, 6.45) is 11.2. The van der Waals surface area contributed by atoms with Gasteiger partial charge in [-0.25, -0.2) is 0 Å². The van der Waals surface area contributed by atoms with Crippen molar-refractivity contribution in [1.82, 2.24) is 10.4 Å². The Morgan fingerprint density at radius 2 is 1.69 bits per heavy atom. The first-order valence-electron chi connectivity index (χ1n) is 7.09. The van der Waals surface area contributed by atoms with Gasteiger partial charge in [-0.05, 0) is 38.6 Å². The van der Waals surface area contributed by atoms with Crippen molar-refractivity contribution >= 4 is 0 Å². The zero-order chi connectivity index (χ0) is 10.8. The normalized spacial score (nSPS) is 36.8. The Morgan fingerprint density at radius 3 is 2.56 bits per heavy atom. The van der Waals surface area contributed by atoms with Crippen LogP contribution in [0.5, 0.6) is 0 Å². The van der Waals surface area contributed by atoms with E-state index in [9.17, 15) is 0 Å². The van der Waals surface area contributed by atoms with Gasteiger partial charge in [0.1, 0.15) is 0 Å². The van der Waals surface area contributed by atoms with Crippen molar-refractivity contribution in [2.75, 3.05) is 13.1 Å². The van der Waals surface area contributed by atoms with Gasteiger partial charge in [0.05, 0.1) is 6.10 Å². The number of hydroxylamine groups is 1. The van der Waals surface area contributed by atoms with Crippen LogP contribution in [0.15, 0.2) is 0 Å². The number of nitrogens with zero attached hydrogens (tertiary/aromatic N) is 1. The maximum Gasteiger partial charge on any atom is 0.0790 e. The van der Waals surface area contributed by atoms with Gasteiger partial charge in [0.25, 0.3) is 0 Å². The fraction of sp³-hybridized carbons (Fsp3) is 1.00. The molecule has 16 heavy (non-hydrogen) atoms. The third-order valence-electron chi connectivity index (χ3n) is 4.54. The number of hydrogen-bond donors (Lipinski definition) is 1. The Labute approximate surface area is 98.5 Å². The lowest BCUT2D eigenvalue weighted by Crippen LogP contribution is -2.45. The lowest BCUT2D eigenvalue weighted by Gasteiger charge is -2.32. The minimum atomic E-state index is 0.498. The smallest absolute Gasteiger partial charge is 0.0790 e. The molecule has 2 atom stereocenters. The van der Waals surface area contributed by atoms with E-state index in [-0.39, 0.29) is 0 Å². The molecule has 0 amide bonds. The van der Waals surface area contributed by atoms with Crippen LogP contribution in [-0.4, -0.2) is 36.2 Å². The van der Waals surface area contributed by atoms with Crippen LogP contribution in [0.3, 0.4) is 0 Å². The molecule has 1 N–H and O–H groups in total. The fourth-order valence-electron chi connectivity index (χ4n) is 3.57. The first-order valence-corrected chi connectivity index (χ1v) is 7.09. The van der Waals surface area contributed by atoms with Crippen LogP contribution >= 0.6 is 0 Å². The van der Waals surface area contributed by atoms with Gasteiger partial charge >= 0.3 is 0 Å². The quantitative estimate of drug-likeness (QED) is 0.743. The van der Waals surface area contributed by atoms with E-state index in [1.807, 2.05) is 0 Å². The van der Waals surface area contributed by atoms with Crippen LogP contribution in [0, 0.1) is 0 Å². The summed E-state index contributed by atoms with van der Waals surface area (Å²) in [5, 5.41) is 0. The average Bonchev–Trinajstić information content (AvgIpc) is 2.96. The van der Waals surface area contributed by atoms with Gasteiger partial charge in [0.2, 0.25) is 0 Å². The number of fused-ring (bicyclic) bond motifs is 1. The van der Waals surface area contributed by atoms with E-state index in [0.717, 1.165) is 6.04 Å². The van der Waals surface area contributed by atoms with Crippen LogP contribution in [0.25, 0.3) is 0 Å². The van der Waals surface area contributed by atoms with E-state index in [1.165, 1.54) is 64.5 Å². The maximum absolute atomic E-state index is 5.86. The standard InChI is InChI=1S/C13H24N2O/c1-2-6-11(5-1)16-14-12-8-10-15-9-4-3-7-13(12)15/h11-14H,1-10H2. The van der Waals surface area contributed by atoms with E-state index in [2.05, 4.69) is 10.4 Å². The molecule has 2 saturated heterocycles. The average molecular weight is 224 g/mol. The molecule has 2 heterocycles. The van der Waals surface area contributed by atoms with Crippen LogP contribution in [0.1, 0.15) is 51.4 Å². The molecule has 0 aromatic heterocycles. The Balaban J connectivity index is 1.47. The lowest BCUT2D eigenvalue weighted by atomic mass is 10.00. The number of piperidine rings is 1. The number of hydrogen-bond acceptors (Lipinski definition) is 3. The Hall–Kier alpha value is -0.120. The molecular formula is C13H24N2O. The van der Waals surface area contributed by atoms with E-state index >= 15 is 0 Å². The third kappa shape index (κ3) is 2.27. The van der Waals surface area contributed by atoms with Gasteiger partial charge in [-0.1, -0.05) is 19.3 Å². The Bertz CT molecular complexity index is 228. The zero-order valence-corrected chi connectivity index (χ0v) is 10.2. The van der Waals surface area contributed by atoms with Gasteiger partial charge in [-0.15, -0.1) is 0 Å². The fourth-order valence-corrected chi connectivity index (χ4v) is 3.57. The van der Waals surface area contributed by atoms with E-state index in [1.54, 1.807) is 0 Å². The van der Waals surface area contributed by atoms with E-state index in [4.69, 9.17) is 4.84 Å². The van der Waals surface area contributed by atoms with Crippen LogP contribution in [0.4, 0.5) is 0 Å². The highest BCUT2D eigenvalue weighted by molar-refractivity contribution is 4.92. The molecule has 0 spiro atoms. The summed E-state index contributed by atoms with van der Waals surface area (Å²) >= 11 is 0. The summed E-state index contributed by atoms with van der Waals surface area (Å²) in [6.45, 7) is 2.59. The van der Waals surface area contributed by atoms with Crippen LogP contribution in [0.2, 0.25) is 0 Å². The van der Waals surface area contributed by atoms with Crippen LogP contribution in [-0.2, 0) is 4.84 Å². The predicted molar refractivity (Wildman–Crippen MR) is 64.1 cm³/mol. The summed E-state index contributed by atoms with van der Waals surface area (Å²) in [7, 11) is 0. The topological polar surface area (TPSA) is 24.5 Å². The largest absolute Gasteiger partial charge is 0.299 e. The summed E-state index contributed by atoms with van der Waals surface area (Å²) in [5.74, 6) is 0. The second kappa shape index (κ2) is 5.03. The molecule has 3 heteroatoms. The first kappa shape index (κ1) is 11.0. The first-order chi connectivity index (χ1) is 7.93. The molecule has 1 aliphatic carbocycles. The summed E-state index contributed by atoms with van der Waals surface area (Å²) in [6, 6.07) is 1.36. The molecule has 1 saturated carbocycles. The highest BCUT2D eigenvalue weighted by atomic mass is 16.7. The molecule has 0 aromatic carbocycles. The minimum absolute atomic E-state index is 0.498. The minimum Gasteiger partial charge on any atom is -0.299 e. The monoisotopic (exact) mass is 224 g/mol. The van der Waals surface area contributed by atoms with E-state index < -0.39 is 0 Å². The van der Waals surface area contributed by atoms with Crippen molar-refractivity contribution in [3.8, 4) is 0 Å². The molecular weight excluding hydrogens is 200 g/mol. The highest BCUT2D eigenvalue weighted by Gasteiger charge is 2.35. The summed E-state index contributed by atoms with van der Waals surface area (Å²) in [5.41, 5.74) is 3.38. The summed E-state index contributed by atoms with van der Waals surface area (Å²) < 4.78 is 0. The second-order valence-electron chi connectivity index (χ2n) is 5.64. The van der Waals surface area contributed by atoms with Gasteiger partial charge in [-0.3, -0.25) is 9.74 Å². The van der Waals surface area contributed by atoms with Crippen molar-refractivity contribution in [2.45, 2.75) is 69.6 Å². The molecule has 0 radical (unpaired) electrons. The second-order valence-corrected chi connectivity index (χ2v) is 5.64. The molecule has 92 valence electrons. The van der Waals surface area contributed by atoms with Crippen molar-refractivity contribution in [3.63, 3.8) is 0 Å². The zero-order valence-electron chi connectivity index (χ0n) is 10.2. The number of rotatable bonds is 3. The summed E-state index contributed by atoms with van der Waals surface area (Å²) in [4.78, 5) is 8.51. The van der Waals surface area contributed by atoms with Gasteiger partial charge < -0.3 is 0 Å². The highest BCUT2D eigenvalue weighted by Crippen LogP contribution is 2.28. The van der Waals surface area contributed by atoms with Crippen LogP contribution < -0.4 is 5.48 Å². The van der Waals surface area contributed by atoms with Gasteiger partial charge in [0.15, 0.2) is 0 Å². The third-order valence-corrected chi connectivity index (χ3v) is 4.54. The van der Waals surface area contributed by atoms with Gasteiger partial charge in [-0.2, -0.15) is 5.48 Å². The number of nitrogens with one attached hydrogen (secondary N) is 1. The predicted octanol–water partition coefficient (Wildman–Crippen LogP) is 2.08. The molecule has 3 fully saturated rings. The SMILES string of the molecule is C1CCC(ONC2CCN3CCCCC23)C1. The molecule has 0 bridgehead atoms. The van der Waals surface area contributed by atoms with Crippen molar-refractivity contribution < 1.29 is 4.84 Å². The molecule has 3 rings (SSSR count). The Morgan fingerprint density at radius 1 is 0.875 bits per heavy atom. The molecule has 3 nitrogen and oxygen atoms in total. The van der Waals surface area contributed by atoms with Gasteiger partial charge in [0, 0.05) is 18.6 Å². The van der Waals surface area contributed by atoms with Crippen molar-refractivity contribution in [1.29, 1.82) is 0 Å². The van der Waals surface area contributed by atoms with Crippen molar-refractivity contribution in [3.05, 3.63) is 0 Å². The van der Waals surface area contributed by atoms with Crippen molar-refractivity contribution in [2.24, 2.45) is 0 Å². The lowest BCUT2D eigenvalue weighted by molar-refractivity contribution is -0.0477. The van der Waals surface area contributed by atoms with E-state index in [0.29, 0.717) is 12.1 Å². The molecule has 0 aromatic rings. The maximum atomic E-state index is 5.86. The molecule has 2 unspecified atom stereocenters. The Kier molecular flexibility index (Phi) is 3.46. The molecule has 2 aliphatic heterocycles.